The lowest BCUT2D eigenvalue weighted by molar-refractivity contribution is 0.0172. The summed E-state index contributed by atoms with van der Waals surface area (Å²) in [5, 5.41) is 0. The van der Waals surface area contributed by atoms with Gasteiger partial charge >= 0.3 is 5.69 Å². The van der Waals surface area contributed by atoms with E-state index in [4.69, 9.17) is 0 Å². The number of aromatic amines is 1. The number of fused-ring (bicyclic) bond motifs is 1. The Hall–Kier alpha value is -2.51. The van der Waals surface area contributed by atoms with Gasteiger partial charge in [-0.25, -0.2) is 14.8 Å². The minimum Gasteiger partial charge on any atom is -0.305 e. The number of imidazole rings is 1. The number of piperidine rings is 2. The van der Waals surface area contributed by atoms with Crippen molar-refractivity contribution >= 4 is 11.0 Å². The topological polar surface area (TPSA) is 70.1 Å². The highest BCUT2D eigenvalue weighted by atomic mass is 16.1. The van der Waals surface area contributed by atoms with Crippen LogP contribution in [-0.4, -0.2) is 55.0 Å². The fraction of sp³-hybridized carbons (Fsp3) is 0.500. The molecular formula is C22H28N6O. The predicted octanol–water partition coefficient (Wildman–Crippen LogP) is 2.77. The molecule has 5 rings (SSSR count). The summed E-state index contributed by atoms with van der Waals surface area (Å²) < 4.78 is 2.00. The molecule has 1 aromatic carbocycles. The first kappa shape index (κ1) is 18.5. The number of rotatable bonds is 4. The maximum atomic E-state index is 12.8. The number of hydrogen-bond donors (Lipinski definition) is 1. The van der Waals surface area contributed by atoms with E-state index < -0.39 is 0 Å². The largest absolute Gasteiger partial charge is 0.327 e. The van der Waals surface area contributed by atoms with Gasteiger partial charge in [-0.2, -0.15) is 0 Å². The molecule has 7 nitrogen and oxygen atoms in total. The SMILES string of the molecule is O=c1[nH]c2ccccc2n1C1CCCCN1C1CCN(Cc2cncnc2)CC1. The maximum Gasteiger partial charge on any atom is 0.327 e. The molecule has 3 aromatic rings. The van der Waals surface area contributed by atoms with Crippen LogP contribution < -0.4 is 5.69 Å². The normalized spacial score (nSPS) is 22.3. The smallest absolute Gasteiger partial charge is 0.305 e. The van der Waals surface area contributed by atoms with Crippen molar-refractivity contribution in [3.05, 3.63) is 59.0 Å². The zero-order valence-corrected chi connectivity index (χ0v) is 16.7. The lowest BCUT2D eigenvalue weighted by Gasteiger charge is -2.44. The molecule has 0 aliphatic carbocycles. The van der Waals surface area contributed by atoms with E-state index in [1.165, 1.54) is 18.4 Å². The minimum absolute atomic E-state index is 0.0182. The quantitative estimate of drug-likeness (QED) is 0.739. The van der Waals surface area contributed by atoms with Gasteiger partial charge in [-0.05, 0) is 57.3 Å². The Morgan fingerprint density at radius 3 is 2.62 bits per heavy atom. The van der Waals surface area contributed by atoms with Crippen molar-refractivity contribution in [3.63, 3.8) is 0 Å². The Labute approximate surface area is 170 Å². The monoisotopic (exact) mass is 392 g/mol. The second-order valence-electron chi connectivity index (χ2n) is 8.29. The summed E-state index contributed by atoms with van der Waals surface area (Å²) in [4.78, 5) is 29.2. The summed E-state index contributed by atoms with van der Waals surface area (Å²) >= 11 is 0. The Bertz CT molecular complexity index is 1000. The van der Waals surface area contributed by atoms with Gasteiger partial charge in [0, 0.05) is 37.1 Å². The van der Waals surface area contributed by atoms with E-state index in [9.17, 15) is 4.79 Å². The molecule has 2 aliphatic rings. The minimum atomic E-state index is 0.0182. The number of nitrogens with one attached hydrogen (secondary N) is 1. The van der Waals surface area contributed by atoms with E-state index in [1.54, 1.807) is 6.33 Å². The van der Waals surface area contributed by atoms with E-state index in [2.05, 4.69) is 30.8 Å². The molecule has 2 fully saturated rings. The molecular weight excluding hydrogens is 364 g/mol. The molecule has 1 N–H and O–H groups in total. The van der Waals surface area contributed by atoms with Crippen LogP contribution in [0.15, 0.2) is 47.8 Å². The molecule has 7 heteroatoms. The molecule has 2 saturated heterocycles. The second-order valence-corrected chi connectivity index (χ2v) is 8.29. The van der Waals surface area contributed by atoms with Crippen LogP contribution >= 0.6 is 0 Å². The number of aromatic nitrogens is 4. The number of para-hydroxylation sites is 2. The van der Waals surface area contributed by atoms with Gasteiger partial charge < -0.3 is 4.98 Å². The second kappa shape index (κ2) is 8.08. The van der Waals surface area contributed by atoms with Crippen LogP contribution in [0.4, 0.5) is 0 Å². The summed E-state index contributed by atoms with van der Waals surface area (Å²) in [5.74, 6) is 0. The Kier molecular flexibility index (Phi) is 5.16. The van der Waals surface area contributed by atoms with Crippen LogP contribution in [0.1, 0.15) is 43.8 Å². The highest BCUT2D eigenvalue weighted by molar-refractivity contribution is 5.75. The molecule has 29 heavy (non-hydrogen) atoms. The van der Waals surface area contributed by atoms with Crippen molar-refractivity contribution in [3.8, 4) is 0 Å². The third-order valence-electron chi connectivity index (χ3n) is 6.48. The van der Waals surface area contributed by atoms with Gasteiger partial charge in [-0.3, -0.25) is 14.4 Å². The van der Waals surface area contributed by atoms with Gasteiger partial charge in [0.1, 0.15) is 6.33 Å². The summed E-state index contributed by atoms with van der Waals surface area (Å²) in [6.45, 7) is 4.14. The number of likely N-dealkylation sites (tertiary alicyclic amines) is 2. The summed E-state index contributed by atoms with van der Waals surface area (Å²) in [5.41, 5.74) is 3.15. The van der Waals surface area contributed by atoms with Gasteiger partial charge in [-0.1, -0.05) is 12.1 Å². The van der Waals surface area contributed by atoms with E-state index in [-0.39, 0.29) is 11.9 Å². The standard InChI is InChI=1S/C22H28N6O/c29-22-25-19-5-1-2-6-20(19)28(22)21-7-3-4-10-27(21)18-8-11-26(12-9-18)15-17-13-23-16-24-14-17/h1-2,5-6,13-14,16,18,21H,3-4,7-12,15H2,(H,25,29). The average molecular weight is 393 g/mol. The number of hydrogen-bond acceptors (Lipinski definition) is 5. The fourth-order valence-corrected chi connectivity index (χ4v) is 5.09. The molecule has 0 saturated carbocycles. The molecule has 0 amide bonds. The third-order valence-corrected chi connectivity index (χ3v) is 6.48. The fourth-order valence-electron chi connectivity index (χ4n) is 5.09. The van der Waals surface area contributed by atoms with Crippen LogP contribution in [0.2, 0.25) is 0 Å². The summed E-state index contributed by atoms with van der Waals surface area (Å²) in [6.07, 6.45) is 11.3. The number of nitrogens with zero attached hydrogens (tertiary/aromatic N) is 5. The molecule has 152 valence electrons. The molecule has 2 aliphatic heterocycles. The van der Waals surface area contributed by atoms with Crippen molar-refractivity contribution < 1.29 is 0 Å². The van der Waals surface area contributed by atoms with Crippen LogP contribution in [0.25, 0.3) is 11.0 Å². The van der Waals surface area contributed by atoms with E-state index in [0.717, 1.165) is 56.5 Å². The Morgan fingerprint density at radius 1 is 1.00 bits per heavy atom. The lowest BCUT2D eigenvalue weighted by atomic mass is 9.97. The number of benzene rings is 1. The first-order valence-corrected chi connectivity index (χ1v) is 10.7. The van der Waals surface area contributed by atoms with Crippen LogP contribution in [0.5, 0.6) is 0 Å². The van der Waals surface area contributed by atoms with E-state index in [1.807, 2.05) is 35.2 Å². The molecule has 1 unspecified atom stereocenters. The summed E-state index contributed by atoms with van der Waals surface area (Å²) in [6, 6.07) is 8.58. The number of H-pyrrole nitrogens is 1. The lowest BCUT2D eigenvalue weighted by Crippen LogP contribution is -2.50. The maximum absolute atomic E-state index is 12.8. The molecule has 2 aromatic heterocycles. The highest BCUT2D eigenvalue weighted by Gasteiger charge is 2.33. The third kappa shape index (κ3) is 3.72. The van der Waals surface area contributed by atoms with Gasteiger partial charge in [0.25, 0.3) is 0 Å². The zero-order valence-electron chi connectivity index (χ0n) is 16.7. The molecule has 0 spiro atoms. The predicted molar refractivity (Wildman–Crippen MR) is 112 cm³/mol. The molecule has 0 radical (unpaired) electrons. The zero-order chi connectivity index (χ0) is 19.6. The van der Waals surface area contributed by atoms with Crippen molar-refractivity contribution in [2.75, 3.05) is 19.6 Å². The van der Waals surface area contributed by atoms with E-state index >= 15 is 0 Å². The van der Waals surface area contributed by atoms with Gasteiger partial charge in [0.2, 0.25) is 0 Å². The molecule has 4 heterocycles. The van der Waals surface area contributed by atoms with Crippen LogP contribution in [0.3, 0.4) is 0 Å². The van der Waals surface area contributed by atoms with Crippen molar-refractivity contribution in [2.45, 2.75) is 50.9 Å². The average Bonchev–Trinajstić information content (AvgIpc) is 3.11. The van der Waals surface area contributed by atoms with Crippen LogP contribution in [0, 0.1) is 0 Å². The van der Waals surface area contributed by atoms with Crippen molar-refractivity contribution in [2.24, 2.45) is 0 Å². The van der Waals surface area contributed by atoms with Gasteiger partial charge in [0.15, 0.2) is 0 Å². The van der Waals surface area contributed by atoms with Crippen molar-refractivity contribution in [1.82, 2.24) is 29.3 Å². The Morgan fingerprint density at radius 2 is 1.79 bits per heavy atom. The van der Waals surface area contributed by atoms with E-state index in [0.29, 0.717) is 6.04 Å². The highest BCUT2D eigenvalue weighted by Crippen LogP contribution is 2.32. The first-order chi connectivity index (χ1) is 14.3. The van der Waals surface area contributed by atoms with Crippen LogP contribution in [-0.2, 0) is 6.54 Å². The molecule has 0 bridgehead atoms. The Balaban J connectivity index is 1.32. The van der Waals surface area contributed by atoms with Gasteiger partial charge in [-0.15, -0.1) is 0 Å². The first-order valence-electron chi connectivity index (χ1n) is 10.7. The van der Waals surface area contributed by atoms with Gasteiger partial charge in [0.05, 0.1) is 17.2 Å². The molecule has 1 atom stereocenters. The summed E-state index contributed by atoms with van der Waals surface area (Å²) in [7, 11) is 0. The van der Waals surface area contributed by atoms with Crippen molar-refractivity contribution in [1.29, 1.82) is 0 Å².